The van der Waals surface area contributed by atoms with Crippen LogP contribution in [0.25, 0.3) is 105 Å². The summed E-state index contributed by atoms with van der Waals surface area (Å²) in [5.41, 5.74) is 7.55. The SMILES string of the molecule is C1=Cc2c(sc3c(-c4nc(-c5ccc(-c6nc7oc8ccccc8c7c7ccccc67)cc5)nc(-c5ccc6ccccc6c5)n4)cccc23)C1. The Morgan fingerprint density at radius 3 is 2.10 bits per heavy atom. The largest absolute Gasteiger partial charge is 0.438 e. The highest BCUT2D eigenvalue weighted by molar-refractivity contribution is 7.20. The molecule has 4 aromatic heterocycles. The third-order valence-electron chi connectivity index (χ3n) is 9.96. The molecule has 0 unspecified atom stereocenters. The maximum Gasteiger partial charge on any atom is 0.228 e. The smallest absolute Gasteiger partial charge is 0.228 e. The van der Waals surface area contributed by atoms with Gasteiger partial charge in [-0.1, -0.05) is 127 Å². The van der Waals surface area contributed by atoms with E-state index in [0.29, 0.717) is 23.2 Å². The summed E-state index contributed by atoms with van der Waals surface area (Å²) in [5, 5.41) is 7.90. The van der Waals surface area contributed by atoms with Crippen LogP contribution in [-0.2, 0) is 6.42 Å². The van der Waals surface area contributed by atoms with Gasteiger partial charge >= 0.3 is 0 Å². The number of furan rings is 1. The molecule has 0 spiro atoms. The highest BCUT2D eigenvalue weighted by atomic mass is 32.1. The van der Waals surface area contributed by atoms with Crippen LogP contribution in [0.1, 0.15) is 10.4 Å². The predicted molar refractivity (Wildman–Crippen MR) is 210 cm³/mol. The van der Waals surface area contributed by atoms with Crippen molar-refractivity contribution >= 4 is 71.1 Å². The molecule has 6 heteroatoms. The van der Waals surface area contributed by atoms with Gasteiger partial charge in [0.1, 0.15) is 5.58 Å². The first-order chi connectivity index (χ1) is 25.2. The molecule has 0 N–H and O–H groups in total. The van der Waals surface area contributed by atoms with Gasteiger partial charge in [0, 0.05) is 54.4 Å². The topological polar surface area (TPSA) is 64.7 Å². The monoisotopic (exact) mass is 670 g/mol. The van der Waals surface area contributed by atoms with Crippen LogP contribution in [0.2, 0.25) is 0 Å². The molecular formula is C45H26N4OS. The zero-order valence-corrected chi connectivity index (χ0v) is 28.0. The van der Waals surface area contributed by atoms with Gasteiger partial charge in [0.25, 0.3) is 0 Å². The molecule has 11 rings (SSSR count). The molecule has 0 bridgehead atoms. The summed E-state index contributed by atoms with van der Waals surface area (Å²) < 4.78 is 7.47. The van der Waals surface area contributed by atoms with Crippen molar-refractivity contribution in [3.8, 4) is 45.4 Å². The van der Waals surface area contributed by atoms with Crippen molar-refractivity contribution in [3.63, 3.8) is 0 Å². The van der Waals surface area contributed by atoms with Gasteiger partial charge in [0.05, 0.1) is 11.1 Å². The second-order valence-corrected chi connectivity index (χ2v) is 14.1. The summed E-state index contributed by atoms with van der Waals surface area (Å²) in [6.45, 7) is 0. The van der Waals surface area contributed by atoms with Crippen molar-refractivity contribution in [2.45, 2.75) is 6.42 Å². The quantitative estimate of drug-likeness (QED) is 0.186. The maximum absolute atomic E-state index is 6.26. The highest BCUT2D eigenvalue weighted by Gasteiger charge is 2.20. The summed E-state index contributed by atoms with van der Waals surface area (Å²) >= 11 is 1.84. The number of thiophene rings is 1. The van der Waals surface area contributed by atoms with Gasteiger partial charge in [-0.15, -0.1) is 11.3 Å². The molecule has 0 aliphatic heterocycles. The fraction of sp³-hybridized carbons (Fsp3) is 0.0222. The number of pyridine rings is 1. The lowest BCUT2D eigenvalue weighted by Gasteiger charge is -2.11. The van der Waals surface area contributed by atoms with E-state index in [-0.39, 0.29) is 0 Å². The van der Waals surface area contributed by atoms with E-state index in [1.165, 1.54) is 25.9 Å². The van der Waals surface area contributed by atoms with E-state index in [1.807, 2.05) is 29.5 Å². The molecule has 1 aliphatic carbocycles. The van der Waals surface area contributed by atoms with E-state index in [1.54, 1.807) is 0 Å². The lowest BCUT2D eigenvalue weighted by molar-refractivity contribution is 0.655. The highest BCUT2D eigenvalue weighted by Crippen LogP contribution is 2.42. The number of fused-ring (bicyclic) bond motifs is 9. The lowest BCUT2D eigenvalue weighted by Crippen LogP contribution is -2.00. The first-order valence-corrected chi connectivity index (χ1v) is 17.8. The fourth-order valence-corrected chi connectivity index (χ4v) is 8.77. The average molecular weight is 671 g/mol. The average Bonchev–Trinajstić information content (AvgIpc) is 3.91. The minimum Gasteiger partial charge on any atom is -0.438 e. The zero-order valence-electron chi connectivity index (χ0n) is 27.2. The molecule has 1 aliphatic rings. The Hall–Kier alpha value is -6.50. The number of nitrogens with zero attached hydrogens (tertiary/aromatic N) is 4. The summed E-state index contributed by atoms with van der Waals surface area (Å²) in [6, 6.07) is 46.2. The maximum atomic E-state index is 6.26. The summed E-state index contributed by atoms with van der Waals surface area (Å²) in [5.74, 6) is 1.94. The van der Waals surface area contributed by atoms with E-state index in [9.17, 15) is 0 Å². The zero-order chi connectivity index (χ0) is 33.5. The van der Waals surface area contributed by atoms with Gasteiger partial charge in [-0.25, -0.2) is 19.9 Å². The van der Waals surface area contributed by atoms with E-state index in [2.05, 4.69) is 127 Å². The standard InChI is InChI=1S/C45H26N4OS/c1-2-10-29-25-30(24-19-26(29)9-1)43-47-42(48-44(49-43)36-16-7-15-34-31-14-8-18-38(31)51-41(34)36)28-22-20-27(21-23-28)40-33-12-4-3-11-32(33)39-35-13-5-6-17-37(35)50-45(39)46-40/h1-17,19-25H,18H2. The van der Waals surface area contributed by atoms with Crippen LogP contribution in [-0.4, -0.2) is 19.9 Å². The molecule has 0 atom stereocenters. The molecule has 0 saturated heterocycles. The Morgan fingerprint density at radius 1 is 0.529 bits per heavy atom. The normalized spacial score (nSPS) is 12.5. The van der Waals surface area contributed by atoms with Gasteiger partial charge < -0.3 is 4.42 Å². The second kappa shape index (κ2) is 11.0. The molecule has 0 saturated carbocycles. The van der Waals surface area contributed by atoms with Gasteiger partial charge in [-0.3, -0.25) is 0 Å². The fourth-order valence-electron chi connectivity index (χ4n) is 7.50. The number of allylic oxidation sites excluding steroid dienone is 1. The lowest BCUT2D eigenvalue weighted by atomic mass is 10.00. The van der Waals surface area contributed by atoms with Crippen LogP contribution >= 0.6 is 11.3 Å². The first-order valence-electron chi connectivity index (χ1n) is 17.0. The van der Waals surface area contributed by atoms with Crippen molar-refractivity contribution in [3.05, 3.63) is 150 Å². The van der Waals surface area contributed by atoms with Crippen LogP contribution in [0.15, 0.2) is 144 Å². The van der Waals surface area contributed by atoms with Crippen molar-refractivity contribution in [2.75, 3.05) is 0 Å². The van der Waals surface area contributed by atoms with Crippen molar-refractivity contribution in [1.29, 1.82) is 0 Å². The van der Waals surface area contributed by atoms with Gasteiger partial charge in [0.2, 0.25) is 5.71 Å². The Kier molecular flexibility index (Phi) is 6.12. The molecule has 5 nitrogen and oxygen atoms in total. The van der Waals surface area contributed by atoms with Crippen molar-refractivity contribution in [1.82, 2.24) is 19.9 Å². The summed E-state index contributed by atoms with van der Waals surface area (Å²) in [7, 11) is 0. The number of hydrogen-bond donors (Lipinski definition) is 0. The number of benzene rings is 6. The number of hydrogen-bond acceptors (Lipinski definition) is 6. The molecular weight excluding hydrogens is 645 g/mol. The Labute approximate surface area is 296 Å². The second-order valence-electron chi connectivity index (χ2n) is 13.0. The Morgan fingerprint density at radius 2 is 1.22 bits per heavy atom. The number of aromatic nitrogens is 4. The van der Waals surface area contributed by atoms with Gasteiger partial charge in [-0.05, 0) is 39.9 Å². The number of rotatable bonds is 4. The molecule has 51 heavy (non-hydrogen) atoms. The molecule has 0 radical (unpaired) electrons. The van der Waals surface area contributed by atoms with Crippen LogP contribution in [0.3, 0.4) is 0 Å². The van der Waals surface area contributed by atoms with Crippen LogP contribution in [0.4, 0.5) is 0 Å². The third-order valence-corrected chi connectivity index (χ3v) is 11.2. The van der Waals surface area contributed by atoms with E-state index >= 15 is 0 Å². The van der Waals surface area contributed by atoms with Crippen LogP contribution in [0, 0.1) is 0 Å². The van der Waals surface area contributed by atoms with E-state index < -0.39 is 0 Å². The van der Waals surface area contributed by atoms with E-state index in [0.717, 1.165) is 66.9 Å². The predicted octanol–water partition coefficient (Wildman–Crippen LogP) is 11.9. The minimum atomic E-state index is 0.626. The first kappa shape index (κ1) is 28.3. The Balaban J connectivity index is 1.08. The van der Waals surface area contributed by atoms with Crippen molar-refractivity contribution < 1.29 is 4.42 Å². The molecule has 0 fully saturated rings. The minimum absolute atomic E-state index is 0.626. The van der Waals surface area contributed by atoms with Crippen molar-refractivity contribution in [2.24, 2.45) is 0 Å². The van der Waals surface area contributed by atoms with Crippen LogP contribution in [0.5, 0.6) is 0 Å². The van der Waals surface area contributed by atoms with Gasteiger partial charge in [0.15, 0.2) is 17.5 Å². The molecule has 4 heterocycles. The van der Waals surface area contributed by atoms with Crippen LogP contribution < -0.4 is 0 Å². The molecule has 10 aromatic rings. The molecule has 238 valence electrons. The third kappa shape index (κ3) is 4.47. The Bertz CT molecular complexity index is 3060. The van der Waals surface area contributed by atoms with E-state index in [4.69, 9.17) is 24.4 Å². The number of para-hydroxylation sites is 1. The summed E-state index contributed by atoms with van der Waals surface area (Å²) in [6.07, 6.45) is 5.45. The van der Waals surface area contributed by atoms with Gasteiger partial charge in [-0.2, -0.15) is 0 Å². The molecule has 0 amide bonds. The molecule has 6 aromatic carbocycles. The summed E-state index contributed by atoms with van der Waals surface area (Å²) in [4.78, 5) is 21.8.